The van der Waals surface area contributed by atoms with E-state index >= 15 is 0 Å². The van der Waals surface area contributed by atoms with Crippen LogP contribution in [0.1, 0.15) is 110 Å². The summed E-state index contributed by atoms with van der Waals surface area (Å²) >= 11 is 0. The van der Waals surface area contributed by atoms with E-state index in [4.69, 9.17) is 9.47 Å². The van der Waals surface area contributed by atoms with Crippen molar-refractivity contribution in [2.45, 2.75) is 121 Å². The Labute approximate surface area is 207 Å². The summed E-state index contributed by atoms with van der Waals surface area (Å²) in [5.74, 6) is 3.03. The summed E-state index contributed by atoms with van der Waals surface area (Å²) in [4.78, 5) is 13.9. The van der Waals surface area contributed by atoms with Gasteiger partial charge in [-0.25, -0.2) is 0 Å². The first-order valence-corrected chi connectivity index (χ1v) is 14.7. The normalized spacial score (nSPS) is 47.1. The van der Waals surface area contributed by atoms with E-state index in [2.05, 4.69) is 19.9 Å². The van der Waals surface area contributed by atoms with E-state index in [1.807, 2.05) is 14.2 Å². The second-order valence-corrected chi connectivity index (χ2v) is 13.8. The van der Waals surface area contributed by atoms with Gasteiger partial charge in [0.25, 0.3) is 0 Å². The number of hydrogen-bond donors (Lipinski definition) is 0. The maximum atomic E-state index is 13.9. The third-order valence-electron chi connectivity index (χ3n) is 13.0. The van der Waals surface area contributed by atoms with Gasteiger partial charge in [-0.1, -0.05) is 45.1 Å². The predicted molar refractivity (Wildman–Crippen MR) is 135 cm³/mol. The number of allylic oxidation sites excluding steroid dienone is 2. The molecule has 0 spiro atoms. The van der Waals surface area contributed by atoms with Crippen LogP contribution in [-0.2, 0) is 14.3 Å². The highest BCUT2D eigenvalue weighted by molar-refractivity contribution is 5.94. The van der Waals surface area contributed by atoms with Crippen LogP contribution in [0.5, 0.6) is 0 Å². The lowest BCUT2D eigenvalue weighted by Crippen LogP contribution is -2.56. The lowest BCUT2D eigenvalue weighted by molar-refractivity contribution is -0.145. The molecule has 190 valence electrons. The van der Waals surface area contributed by atoms with E-state index < -0.39 is 0 Å². The second-order valence-electron chi connectivity index (χ2n) is 13.8. The Balaban J connectivity index is 1.29. The van der Waals surface area contributed by atoms with Gasteiger partial charge < -0.3 is 9.47 Å². The van der Waals surface area contributed by atoms with Crippen molar-refractivity contribution in [3.05, 3.63) is 11.6 Å². The monoisotopic (exact) mass is 468 g/mol. The van der Waals surface area contributed by atoms with Crippen LogP contribution in [0.2, 0.25) is 0 Å². The molecule has 0 aliphatic heterocycles. The number of carbonyl (C=O) groups is 1. The molecule has 3 heteroatoms. The predicted octanol–water partition coefficient (Wildman–Crippen LogP) is 7.28. The summed E-state index contributed by atoms with van der Waals surface area (Å²) < 4.78 is 12.5. The highest BCUT2D eigenvalue weighted by Crippen LogP contribution is 2.69. The molecule has 7 atom stereocenters. The second kappa shape index (κ2) is 8.17. The molecule has 0 N–H and O–H groups in total. The number of carbonyl (C=O) groups excluding carboxylic acids is 1. The fraction of sp³-hybridized carbons (Fsp3) is 0.903. The van der Waals surface area contributed by atoms with Crippen LogP contribution in [0.4, 0.5) is 0 Å². The molecule has 0 heterocycles. The molecule has 3 nitrogen and oxygen atoms in total. The standard InChI is InChI=1S/C31H48O3/c1-28-17-11-21(30(33-3)13-5-6-14-30)19-22(28)20-25(32)27-23-9-10-26(29(23,2)18-12-24(27)28)31(34-4)15-7-8-16-31/h20-21,23-24,26-27H,5-19H2,1-4H3/t21-,23?,24?,26-,27?,28-,29-/m0/s1. The van der Waals surface area contributed by atoms with Crippen molar-refractivity contribution < 1.29 is 14.3 Å². The summed E-state index contributed by atoms with van der Waals surface area (Å²) in [5.41, 5.74) is 2.11. The van der Waals surface area contributed by atoms with E-state index in [-0.39, 0.29) is 27.9 Å². The molecule has 6 aliphatic rings. The molecule has 0 radical (unpaired) electrons. The number of methoxy groups -OCH3 is 2. The highest BCUT2D eigenvalue weighted by Gasteiger charge is 2.64. The van der Waals surface area contributed by atoms with Gasteiger partial charge in [0.1, 0.15) is 0 Å². The molecule has 0 aromatic heterocycles. The van der Waals surface area contributed by atoms with E-state index in [1.165, 1.54) is 95.5 Å². The summed E-state index contributed by atoms with van der Waals surface area (Å²) in [5, 5.41) is 0. The highest BCUT2D eigenvalue weighted by atomic mass is 16.5. The van der Waals surface area contributed by atoms with Crippen LogP contribution in [0, 0.1) is 40.4 Å². The third-order valence-corrected chi connectivity index (χ3v) is 13.0. The van der Waals surface area contributed by atoms with Gasteiger partial charge >= 0.3 is 0 Å². The van der Waals surface area contributed by atoms with Crippen LogP contribution in [0.15, 0.2) is 11.6 Å². The summed E-state index contributed by atoms with van der Waals surface area (Å²) in [6.07, 6.45) is 20.9. The minimum atomic E-state index is 0.0711. The number of rotatable bonds is 4. The SMILES string of the molecule is COC1([C@H]2CC[C@@]3(C)C(=CC(=O)C4C3CC[C@@]3(C)C4CC[C@@H]3C3(OC)CCCC3)C2)CCCC1. The third kappa shape index (κ3) is 3.11. The van der Waals surface area contributed by atoms with Gasteiger partial charge in [0.2, 0.25) is 0 Å². The molecule has 3 unspecified atom stereocenters. The molecule has 0 bridgehead atoms. The summed E-state index contributed by atoms with van der Waals surface area (Å²) in [7, 11) is 3.90. The van der Waals surface area contributed by atoms with Crippen LogP contribution in [0.3, 0.4) is 0 Å². The molecule has 0 aromatic carbocycles. The summed E-state index contributed by atoms with van der Waals surface area (Å²) in [6, 6.07) is 0. The van der Waals surface area contributed by atoms with E-state index in [0.29, 0.717) is 29.5 Å². The molecular weight excluding hydrogens is 420 g/mol. The molecule has 6 rings (SSSR count). The molecule has 0 amide bonds. The van der Waals surface area contributed by atoms with Crippen molar-refractivity contribution in [2.24, 2.45) is 40.4 Å². The van der Waals surface area contributed by atoms with Crippen LogP contribution < -0.4 is 0 Å². The van der Waals surface area contributed by atoms with Crippen molar-refractivity contribution >= 4 is 5.78 Å². The molecule has 5 fully saturated rings. The average Bonchev–Trinajstić information content (AvgIpc) is 3.58. The largest absolute Gasteiger partial charge is 0.378 e. The Hall–Kier alpha value is -0.670. The zero-order valence-corrected chi connectivity index (χ0v) is 22.3. The van der Waals surface area contributed by atoms with E-state index in [1.54, 1.807) is 0 Å². The molecule has 0 saturated heterocycles. The van der Waals surface area contributed by atoms with E-state index in [0.717, 1.165) is 6.42 Å². The Morgan fingerprint density at radius 1 is 0.765 bits per heavy atom. The maximum Gasteiger partial charge on any atom is 0.159 e. The van der Waals surface area contributed by atoms with Crippen molar-refractivity contribution in [1.29, 1.82) is 0 Å². The quantitative estimate of drug-likeness (QED) is 0.435. The fourth-order valence-electron chi connectivity index (χ4n) is 11.1. The van der Waals surface area contributed by atoms with Crippen molar-refractivity contribution in [1.82, 2.24) is 0 Å². The number of ketones is 1. The molecule has 0 aromatic rings. The lowest BCUT2D eigenvalue weighted by Gasteiger charge is -2.59. The zero-order chi connectivity index (χ0) is 23.8. The lowest BCUT2D eigenvalue weighted by atomic mass is 9.45. The Morgan fingerprint density at radius 3 is 2.06 bits per heavy atom. The van der Waals surface area contributed by atoms with E-state index in [9.17, 15) is 4.79 Å². The van der Waals surface area contributed by atoms with Gasteiger partial charge in [-0.3, -0.25) is 4.79 Å². The van der Waals surface area contributed by atoms with Gasteiger partial charge in [0, 0.05) is 20.1 Å². The number of hydrogen-bond acceptors (Lipinski definition) is 3. The average molecular weight is 469 g/mol. The maximum absolute atomic E-state index is 13.9. The minimum absolute atomic E-state index is 0.0711. The Morgan fingerprint density at radius 2 is 1.41 bits per heavy atom. The fourth-order valence-corrected chi connectivity index (χ4v) is 11.1. The van der Waals surface area contributed by atoms with Crippen LogP contribution in [0.25, 0.3) is 0 Å². The van der Waals surface area contributed by atoms with Crippen LogP contribution in [-0.4, -0.2) is 31.2 Å². The molecule has 34 heavy (non-hydrogen) atoms. The van der Waals surface area contributed by atoms with Crippen molar-refractivity contribution in [2.75, 3.05) is 14.2 Å². The van der Waals surface area contributed by atoms with Gasteiger partial charge in [-0.2, -0.15) is 0 Å². The first-order chi connectivity index (χ1) is 16.3. The van der Waals surface area contributed by atoms with Crippen molar-refractivity contribution in [3.63, 3.8) is 0 Å². The first kappa shape index (κ1) is 23.7. The minimum Gasteiger partial charge on any atom is -0.378 e. The van der Waals surface area contributed by atoms with Gasteiger partial charge in [-0.05, 0) is 111 Å². The van der Waals surface area contributed by atoms with Crippen LogP contribution >= 0.6 is 0 Å². The first-order valence-electron chi connectivity index (χ1n) is 14.7. The molecular formula is C31H48O3. The number of fused-ring (bicyclic) bond motifs is 5. The Bertz CT molecular complexity index is 847. The summed E-state index contributed by atoms with van der Waals surface area (Å²) in [6.45, 7) is 5.09. The van der Waals surface area contributed by atoms with Gasteiger partial charge in [-0.15, -0.1) is 0 Å². The van der Waals surface area contributed by atoms with Gasteiger partial charge in [0.15, 0.2) is 5.78 Å². The topological polar surface area (TPSA) is 35.5 Å². The zero-order valence-electron chi connectivity index (χ0n) is 22.3. The number of ether oxygens (including phenoxy) is 2. The van der Waals surface area contributed by atoms with Gasteiger partial charge in [0.05, 0.1) is 11.2 Å². The Kier molecular flexibility index (Phi) is 5.70. The van der Waals surface area contributed by atoms with Crippen molar-refractivity contribution in [3.8, 4) is 0 Å². The molecule has 6 aliphatic carbocycles. The smallest absolute Gasteiger partial charge is 0.159 e. The molecule has 5 saturated carbocycles.